The molecule has 0 aliphatic heterocycles. The number of methoxy groups -OCH3 is 1. The lowest BCUT2D eigenvalue weighted by molar-refractivity contribution is -0.142. The first-order valence-corrected chi connectivity index (χ1v) is 7.42. The quantitative estimate of drug-likeness (QED) is 0.544. The Hall–Kier alpha value is -3.08. The average molecular weight is 324 g/mol. The molecule has 0 atom stereocenters. The smallest absolute Gasteiger partial charge is 0.343 e. The number of carbonyl (C=O) groups is 1. The third-order valence-corrected chi connectivity index (χ3v) is 3.77. The highest BCUT2D eigenvalue weighted by Crippen LogP contribution is 2.32. The molecule has 5 heteroatoms. The molecule has 2 aromatic carbocycles. The van der Waals surface area contributed by atoms with Gasteiger partial charge in [0, 0.05) is 17.0 Å². The first kappa shape index (κ1) is 15.8. The van der Waals surface area contributed by atoms with Gasteiger partial charge in [0.15, 0.2) is 6.61 Å². The van der Waals surface area contributed by atoms with E-state index in [1.807, 2.05) is 36.4 Å². The second-order valence-electron chi connectivity index (χ2n) is 5.28. The normalized spacial score (nSPS) is 10.6. The van der Waals surface area contributed by atoms with Gasteiger partial charge < -0.3 is 13.9 Å². The van der Waals surface area contributed by atoms with Crippen molar-refractivity contribution in [1.29, 1.82) is 0 Å². The van der Waals surface area contributed by atoms with Crippen molar-refractivity contribution in [2.45, 2.75) is 6.92 Å². The van der Waals surface area contributed by atoms with Gasteiger partial charge in [-0.3, -0.25) is 0 Å². The van der Waals surface area contributed by atoms with Gasteiger partial charge in [0.2, 0.25) is 0 Å². The number of carbonyl (C=O) groups excluding carboxylic acids is 1. The molecule has 0 N–H and O–H groups in total. The van der Waals surface area contributed by atoms with Crippen molar-refractivity contribution in [2.24, 2.45) is 0 Å². The number of esters is 1. The molecule has 1 heterocycles. The SMILES string of the molecule is COC(=O)COc1ccc2c(-c3ccccc3)cc(=O)oc2c1C. The third-order valence-electron chi connectivity index (χ3n) is 3.77. The van der Waals surface area contributed by atoms with Crippen molar-refractivity contribution in [1.82, 2.24) is 0 Å². The van der Waals surface area contributed by atoms with Gasteiger partial charge in [-0.1, -0.05) is 30.3 Å². The Labute approximate surface area is 138 Å². The van der Waals surface area contributed by atoms with Crippen LogP contribution in [0, 0.1) is 6.92 Å². The van der Waals surface area contributed by atoms with Gasteiger partial charge in [-0.25, -0.2) is 9.59 Å². The topological polar surface area (TPSA) is 65.7 Å². The molecule has 0 bridgehead atoms. The van der Waals surface area contributed by atoms with Crippen LogP contribution in [0.5, 0.6) is 5.75 Å². The van der Waals surface area contributed by atoms with Crippen LogP contribution in [0.4, 0.5) is 0 Å². The summed E-state index contributed by atoms with van der Waals surface area (Å²) >= 11 is 0. The van der Waals surface area contributed by atoms with Gasteiger partial charge in [0.25, 0.3) is 0 Å². The van der Waals surface area contributed by atoms with E-state index in [4.69, 9.17) is 9.15 Å². The maximum absolute atomic E-state index is 12.0. The lowest BCUT2D eigenvalue weighted by Crippen LogP contribution is -2.13. The van der Waals surface area contributed by atoms with E-state index in [1.165, 1.54) is 13.2 Å². The van der Waals surface area contributed by atoms with Gasteiger partial charge >= 0.3 is 11.6 Å². The molecule has 5 nitrogen and oxygen atoms in total. The van der Waals surface area contributed by atoms with Gasteiger partial charge in [0.05, 0.1) is 7.11 Å². The maximum Gasteiger partial charge on any atom is 0.343 e. The zero-order chi connectivity index (χ0) is 17.1. The summed E-state index contributed by atoms with van der Waals surface area (Å²) in [4.78, 5) is 23.2. The van der Waals surface area contributed by atoms with Crippen LogP contribution in [0.25, 0.3) is 22.1 Å². The Morgan fingerprint density at radius 3 is 2.58 bits per heavy atom. The first-order chi connectivity index (χ1) is 11.6. The fourth-order valence-corrected chi connectivity index (χ4v) is 2.55. The molecule has 0 saturated heterocycles. The Kier molecular flexibility index (Phi) is 4.33. The van der Waals surface area contributed by atoms with Crippen LogP contribution in [0.2, 0.25) is 0 Å². The predicted octanol–water partition coefficient (Wildman–Crippen LogP) is 3.32. The van der Waals surface area contributed by atoms with Crippen molar-refractivity contribution in [3.8, 4) is 16.9 Å². The molecule has 0 unspecified atom stereocenters. The standard InChI is InChI=1S/C19H16O5/c1-12-16(23-11-18(21)22-2)9-8-14-15(10-17(20)24-19(12)14)13-6-4-3-5-7-13/h3-10H,11H2,1-2H3. The Bertz CT molecular complexity index is 941. The molecule has 3 aromatic rings. The fourth-order valence-electron chi connectivity index (χ4n) is 2.55. The molecule has 122 valence electrons. The highest BCUT2D eigenvalue weighted by Gasteiger charge is 2.14. The van der Waals surface area contributed by atoms with Gasteiger partial charge in [-0.05, 0) is 30.2 Å². The van der Waals surface area contributed by atoms with Crippen molar-refractivity contribution >= 4 is 16.9 Å². The summed E-state index contributed by atoms with van der Waals surface area (Å²) in [6.45, 7) is 1.58. The van der Waals surface area contributed by atoms with Crippen molar-refractivity contribution in [3.63, 3.8) is 0 Å². The first-order valence-electron chi connectivity index (χ1n) is 7.42. The van der Waals surface area contributed by atoms with E-state index in [0.717, 1.165) is 16.5 Å². The molecule has 24 heavy (non-hydrogen) atoms. The van der Waals surface area contributed by atoms with Crippen LogP contribution >= 0.6 is 0 Å². The van der Waals surface area contributed by atoms with Crippen molar-refractivity contribution < 1.29 is 18.7 Å². The lowest BCUT2D eigenvalue weighted by Gasteiger charge is -2.12. The second kappa shape index (κ2) is 6.58. The zero-order valence-corrected chi connectivity index (χ0v) is 13.4. The van der Waals surface area contributed by atoms with Crippen LogP contribution in [0.1, 0.15) is 5.56 Å². The minimum absolute atomic E-state index is 0.203. The Morgan fingerprint density at radius 1 is 1.12 bits per heavy atom. The van der Waals surface area contributed by atoms with Gasteiger partial charge in [0.1, 0.15) is 11.3 Å². The zero-order valence-electron chi connectivity index (χ0n) is 13.4. The monoisotopic (exact) mass is 324 g/mol. The summed E-state index contributed by atoms with van der Waals surface area (Å²) in [6, 6.07) is 14.7. The lowest BCUT2D eigenvalue weighted by atomic mass is 10.0. The van der Waals surface area contributed by atoms with Crippen LogP contribution in [-0.2, 0) is 9.53 Å². The van der Waals surface area contributed by atoms with Crippen molar-refractivity contribution in [3.05, 3.63) is 64.5 Å². The predicted molar refractivity (Wildman–Crippen MR) is 90.2 cm³/mol. The van der Waals surface area contributed by atoms with E-state index in [2.05, 4.69) is 4.74 Å². The highest BCUT2D eigenvalue weighted by molar-refractivity contribution is 5.95. The van der Waals surface area contributed by atoms with Gasteiger partial charge in [-0.15, -0.1) is 0 Å². The fraction of sp³-hybridized carbons (Fsp3) is 0.158. The van der Waals surface area contributed by atoms with Crippen LogP contribution in [0.3, 0.4) is 0 Å². The summed E-state index contributed by atoms with van der Waals surface area (Å²) in [5, 5.41) is 0.809. The van der Waals surface area contributed by atoms with Crippen LogP contribution in [-0.4, -0.2) is 19.7 Å². The molecule has 0 amide bonds. The van der Waals surface area contributed by atoms with E-state index >= 15 is 0 Å². The summed E-state index contributed by atoms with van der Waals surface area (Å²) in [5.74, 6) is -0.00440. The molecule has 0 aliphatic rings. The Balaban J connectivity index is 2.12. The van der Waals surface area contributed by atoms with E-state index < -0.39 is 11.6 Å². The number of fused-ring (bicyclic) bond motifs is 1. The number of benzene rings is 2. The van der Waals surface area contributed by atoms with Gasteiger partial charge in [-0.2, -0.15) is 0 Å². The van der Waals surface area contributed by atoms with Crippen LogP contribution in [0.15, 0.2) is 57.7 Å². The summed E-state index contributed by atoms with van der Waals surface area (Å²) < 4.78 is 15.4. The molecule has 0 spiro atoms. The Morgan fingerprint density at radius 2 is 1.88 bits per heavy atom. The average Bonchev–Trinajstić information content (AvgIpc) is 2.61. The summed E-state index contributed by atoms with van der Waals surface area (Å²) in [7, 11) is 1.30. The van der Waals surface area contributed by atoms with E-state index in [0.29, 0.717) is 16.9 Å². The minimum Gasteiger partial charge on any atom is -0.481 e. The second-order valence-corrected chi connectivity index (χ2v) is 5.28. The minimum atomic E-state index is -0.478. The molecular formula is C19H16O5. The number of hydrogen-bond acceptors (Lipinski definition) is 5. The number of rotatable bonds is 4. The number of aryl methyl sites for hydroxylation is 1. The molecular weight excluding hydrogens is 308 g/mol. The summed E-state index contributed by atoms with van der Waals surface area (Å²) in [6.07, 6.45) is 0. The molecule has 0 saturated carbocycles. The highest BCUT2D eigenvalue weighted by atomic mass is 16.6. The molecule has 0 aliphatic carbocycles. The number of hydrogen-bond donors (Lipinski definition) is 0. The molecule has 1 aromatic heterocycles. The summed E-state index contributed by atoms with van der Waals surface area (Å²) in [5.41, 5.74) is 2.40. The third kappa shape index (κ3) is 3.01. The van der Waals surface area contributed by atoms with Crippen LogP contribution < -0.4 is 10.4 Å². The van der Waals surface area contributed by atoms with E-state index in [9.17, 15) is 9.59 Å². The maximum atomic E-state index is 12.0. The molecule has 0 fully saturated rings. The van der Waals surface area contributed by atoms with E-state index in [-0.39, 0.29) is 6.61 Å². The van der Waals surface area contributed by atoms with Crippen molar-refractivity contribution in [2.75, 3.05) is 13.7 Å². The molecule has 0 radical (unpaired) electrons. The van der Waals surface area contributed by atoms with E-state index in [1.54, 1.807) is 13.0 Å². The molecule has 3 rings (SSSR count). The largest absolute Gasteiger partial charge is 0.481 e. The number of ether oxygens (including phenoxy) is 2.